The number of fused-ring (bicyclic) bond motifs is 2. The van der Waals surface area contributed by atoms with Crippen LogP contribution < -0.4 is 11.5 Å². The van der Waals surface area contributed by atoms with Gasteiger partial charge in [-0.3, -0.25) is 9.59 Å². The predicted molar refractivity (Wildman–Crippen MR) is 119 cm³/mol. The zero-order valence-electron chi connectivity index (χ0n) is 16.3. The van der Waals surface area contributed by atoms with Crippen LogP contribution in [0, 0.1) is 0 Å². The molecule has 0 aliphatic rings. The van der Waals surface area contributed by atoms with Crippen molar-refractivity contribution >= 4 is 66.8 Å². The predicted octanol–water partition coefficient (Wildman–Crippen LogP) is 3.33. The molecule has 5 aromatic carbocycles. The molecule has 0 saturated carbocycles. The van der Waals surface area contributed by atoms with Crippen molar-refractivity contribution in [3.8, 4) is 0 Å². The molecule has 5 aromatic rings. The van der Waals surface area contributed by atoms with Gasteiger partial charge in [-0.1, -0.05) is 30.3 Å². The van der Waals surface area contributed by atoms with E-state index in [-0.39, 0.29) is 27.6 Å². The van der Waals surface area contributed by atoms with Gasteiger partial charge < -0.3 is 21.7 Å². The molecule has 0 heterocycles. The van der Waals surface area contributed by atoms with E-state index in [2.05, 4.69) is 0 Å². The molecule has 0 aliphatic heterocycles. The van der Waals surface area contributed by atoms with E-state index in [0.717, 1.165) is 0 Å². The second kappa shape index (κ2) is 6.39. The Balaban J connectivity index is 2.18. The monoisotopic (exact) mass is 426 g/mol. The molecule has 0 aromatic heterocycles. The van der Waals surface area contributed by atoms with Crippen molar-refractivity contribution in [1.82, 2.24) is 0 Å². The molecule has 0 unspecified atom stereocenters. The Morgan fingerprint density at radius 2 is 1.09 bits per heavy atom. The van der Waals surface area contributed by atoms with Crippen LogP contribution in [0.25, 0.3) is 43.1 Å². The number of nitrogens with two attached hydrogens (primary N) is 2. The number of carbonyl (C=O) groups excluding carboxylic acids is 2. The van der Waals surface area contributed by atoms with Crippen LogP contribution in [0.5, 0.6) is 0 Å². The van der Waals surface area contributed by atoms with Crippen LogP contribution in [0.15, 0.2) is 48.5 Å². The Morgan fingerprint density at radius 1 is 0.562 bits per heavy atom. The Morgan fingerprint density at radius 3 is 1.62 bits per heavy atom. The summed E-state index contributed by atoms with van der Waals surface area (Å²) in [5.74, 6) is -4.17. The van der Waals surface area contributed by atoms with E-state index in [1.54, 1.807) is 30.3 Å². The summed E-state index contributed by atoms with van der Waals surface area (Å²) in [4.78, 5) is 48.2. The Kier molecular flexibility index (Phi) is 3.84. The second-order valence-electron chi connectivity index (χ2n) is 7.48. The second-order valence-corrected chi connectivity index (χ2v) is 7.48. The van der Waals surface area contributed by atoms with Gasteiger partial charge in [0, 0.05) is 5.39 Å². The largest absolute Gasteiger partial charge is 0.478 e. The minimum absolute atomic E-state index is 0.00195. The van der Waals surface area contributed by atoms with Crippen LogP contribution in [0.2, 0.25) is 0 Å². The lowest BCUT2D eigenvalue weighted by Gasteiger charge is -2.19. The quantitative estimate of drug-likeness (QED) is 0.255. The number of carbonyl (C=O) groups is 4. The number of carboxylic acid groups (broad SMARTS) is 2. The number of carboxylic acids is 2. The third-order valence-corrected chi connectivity index (χ3v) is 5.87. The van der Waals surface area contributed by atoms with E-state index >= 15 is 0 Å². The van der Waals surface area contributed by atoms with Crippen molar-refractivity contribution in [3.63, 3.8) is 0 Å². The van der Waals surface area contributed by atoms with E-state index in [0.29, 0.717) is 37.7 Å². The molecule has 2 amide bonds. The van der Waals surface area contributed by atoms with Gasteiger partial charge in [0.15, 0.2) is 0 Å². The maximum atomic E-state index is 12.2. The van der Waals surface area contributed by atoms with Crippen molar-refractivity contribution in [2.45, 2.75) is 0 Å². The SMILES string of the molecule is NC(=O)c1cc2c3ccc(C(=O)O)c4c(C(=O)O)ccc(c5cccc(c1C(N)=O)c52)c43. The zero-order chi connectivity index (χ0) is 22.9. The first-order valence-corrected chi connectivity index (χ1v) is 9.48. The highest BCUT2D eigenvalue weighted by Gasteiger charge is 2.25. The lowest BCUT2D eigenvalue weighted by atomic mass is 9.84. The summed E-state index contributed by atoms with van der Waals surface area (Å²) in [5, 5.41) is 23.4. The molecule has 6 N–H and O–H groups in total. The molecule has 0 saturated heterocycles. The van der Waals surface area contributed by atoms with Gasteiger partial charge in [-0.2, -0.15) is 0 Å². The zero-order valence-corrected chi connectivity index (χ0v) is 16.3. The van der Waals surface area contributed by atoms with E-state index < -0.39 is 23.8 Å². The van der Waals surface area contributed by atoms with E-state index in [1.165, 1.54) is 18.2 Å². The molecule has 0 atom stereocenters. The van der Waals surface area contributed by atoms with Gasteiger partial charge in [-0.15, -0.1) is 0 Å². The van der Waals surface area contributed by atoms with Crippen molar-refractivity contribution in [3.05, 3.63) is 70.8 Å². The molecule has 32 heavy (non-hydrogen) atoms. The van der Waals surface area contributed by atoms with Crippen LogP contribution in [0.4, 0.5) is 0 Å². The highest BCUT2D eigenvalue weighted by Crippen LogP contribution is 2.43. The number of amides is 2. The van der Waals surface area contributed by atoms with Gasteiger partial charge in [-0.05, 0) is 55.9 Å². The molecule has 0 radical (unpaired) electrons. The summed E-state index contributed by atoms with van der Waals surface area (Å²) in [6.07, 6.45) is 0. The number of primary amides is 2. The van der Waals surface area contributed by atoms with Gasteiger partial charge >= 0.3 is 11.9 Å². The van der Waals surface area contributed by atoms with Crippen LogP contribution in [-0.2, 0) is 0 Å². The van der Waals surface area contributed by atoms with Gasteiger partial charge in [0.05, 0.1) is 22.3 Å². The molecule has 0 bridgehead atoms. The topological polar surface area (TPSA) is 161 Å². The maximum absolute atomic E-state index is 12.2. The highest BCUT2D eigenvalue weighted by atomic mass is 16.4. The standard InChI is InChI=1S/C24H14N2O6/c25-21(27)16-8-15-11-5-7-14(24(31)32)19-13(23(29)30)6-4-10(18(11)19)9-2-1-3-12(17(9)15)20(16)22(26)28/h1-8H,(H2,25,27)(H2,26,28)(H,29,30)(H,31,32). The molecule has 5 rings (SSSR count). The summed E-state index contributed by atoms with van der Waals surface area (Å²) in [6, 6.07) is 12.5. The molecule has 156 valence electrons. The maximum Gasteiger partial charge on any atom is 0.336 e. The average Bonchev–Trinajstić information content (AvgIpc) is 2.75. The molecule has 8 nitrogen and oxygen atoms in total. The van der Waals surface area contributed by atoms with E-state index in [1.807, 2.05) is 0 Å². The number of rotatable bonds is 4. The molecular weight excluding hydrogens is 412 g/mol. The van der Waals surface area contributed by atoms with Gasteiger partial charge in [0.25, 0.3) is 0 Å². The van der Waals surface area contributed by atoms with E-state index in [4.69, 9.17) is 11.5 Å². The van der Waals surface area contributed by atoms with Crippen molar-refractivity contribution in [1.29, 1.82) is 0 Å². The number of hydrogen-bond donors (Lipinski definition) is 4. The number of hydrogen-bond acceptors (Lipinski definition) is 4. The van der Waals surface area contributed by atoms with E-state index in [9.17, 15) is 29.4 Å². The minimum atomic E-state index is -1.26. The minimum Gasteiger partial charge on any atom is -0.478 e. The first kappa shape index (κ1) is 19.3. The smallest absolute Gasteiger partial charge is 0.336 e. The first-order valence-electron chi connectivity index (χ1n) is 9.48. The van der Waals surface area contributed by atoms with Crippen molar-refractivity contribution in [2.24, 2.45) is 11.5 Å². The van der Waals surface area contributed by atoms with Crippen molar-refractivity contribution < 1.29 is 29.4 Å². The number of aromatic carboxylic acids is 2. The van der Waals surface area contributed by atoms with Gasteiger partial charge in [0.1, 0.15) is 0 Å². The molecule has 0 fully saturated rings. The molecular formula is C24H14N2O6. The summed E-state index contributed by atoms with van der Waals surface area (Å²) in [6.45, 7) is 0. The van der Waals surface area contributed by atoms with Crippen LogP contribution >= 0.6 is 0 Å². The van der Waals surface area contributed by atoms with Gasteiger partial charge in [0.2, 0.25) is 11.8 Å². The van der Waals surface area contributed by atoms with Crippen LogP contribution in [0.3, 0.4) is 0 Å². The summed E-state index contributed by atoms with van der Waals surface area (Å²) < 4.78 is 0. The lowest BCUT2D eigenvalue weighted by molar-refractivity contribution is 0.0695. The lowest BCUT2D eigenvalue weighted by Crippen LogP contribution is -2.21. The fourth-order valence-corrected chi connectivity index (χ4v) is 4.68. The number of benzene rings is 5. The highest BCUT2D eigenvalue weighted by molar-refractivity contribution is 6.37. The Labute approximate surface area is 179 Å². The third-order valence-electron chi connectivity index (χ3n) is 5.87. The normalized spacial score (nSPS) is 11.5. The Hall–Kier alpha value is -4.72. The average molecular weight is 426 g/mol. The first-order chi connectivity index (χ1) is 15.2. The summed E-state index contributed by atoms with van der Waals surface area (Å²) >= 11 is 0. The van der Waals surface area contributed by atoms with Gasteiger partial charge in [-0.25, -0.2) is 9.59 Å². The molecule has 0 spiro atoms. The van der Waals surface area contributed by atoms with Crippen molar-refractivity contribution in [2.75, 3.05) is 0 Å². The summed E-state index contributed by atoms with van der Waals surface area (Å²) in [7, 11) is 0. The third kappa shape index (κ3) is 2.37. The fraction of sp³-hybridized carbons (Fsp3) is 0. The Bertz CT molecular complexity index is 1670. The molecule has 0 aliphatic carbocycles. The fourth-order valence-electron chi connectivity index (χ4n) is 4.68. The molecule has 8 heteroatoms. The van der Waals surface area contributed by atoms with Crippen LogP contribution in [0.1, 0.15) is 41.4 Å². The van der Waals surface area contributed by atoms with Crippen LogP contribution in [-0.4, -0.2) is 34.0 Å². The summed E-state index contributed by atoms with van der Waals surface area (Å²) in [5.41, 5.74) is 10.8.